The Morgan fingerprint density at radius 2 is 1.88 bits per heavy atom. The molecule has 0 radical (unpaired) electrons. The molecule has 3 rings (SSSR count). The molecule has 2 aromatic carbocycles. The second-order valence-corrected chi connectivity index (χ2v) is 7.39. The highest BCUT2D eigenvalue weighted by atomic mass is 19.4. The first kappa shape index (κ1) is 23.5. The Bertz CT molecular complexity index is 1170. The highest BCUT2D eigenvalue weighted by Crippen LogP contribution is 2.40. The smallest absolute Gasteiger partial charge is 0.422 e. The van der Waals surface area contributed by atoms with Crippen molar-refractivity contribution in [1.82, 2.24) is 9.97 Å². The van der Waals surface area contributed by atoms with Crippen LogP contribution in [-0.2, 0) is 0 Å². The lowest BCUT2D eigenvalue weighted by atomic mass is 9.86. The number of aromatic nitrogens is 2. The number of hydrogen-bond acceptors (Lipinski definition) is 5. The van der Waals surface area contributed by atoms with E-state index in [0.717, 1.165) is 12.1 Å². The Balaban J connectivity index is 2.01. The minimum atomic E-state index is -5.09. The monoisotopic (exact) mass is 453 g/mol. The minimum Gasteiger partial charge on any atom is -0.493 e. The summed E-state index contributed by atoms with van der Waals surface area (Å²) in [6.45, 7) is 2.95. The Morgan fingerprint density at radius 3 is 2.53 bits per heavy atom. The molecule has 1 aromatic heterocycles. The predicted molar refractivity (Wildman–Crippen MR) is 109 cm³/mol. The van der Waals surface area contributed by atoms with Crippen LogP contribution in [0.1, 0.15) is 30.7 Å². The number of aliphatic imine (C=N–C) groups is 1. The van der Waals surface area contributed by atoms with Gasteiger partial charge in [0, 0.05) is 23.4 Å². The van der Waals surface area contributed by atoms with Crippen LogP contribution in [0.3, 0.4) is 0 Å². The Hall–Kier alpha value is -3.14. The van der Waals surface area contributed by atoms with Crippen LogP contribution >= 0.6 is 0 Å². The van der Waals surface area contributed by atoms with Crippen LogP contribution in [0, 0.1) is 18.6 Å². The lowest BCUT2D eigenvalue weighted by molar-refractivity contribution is -0.231. The maximum absolute atomic E-state index is 14.1. The van der Waals surface area contributed by atoms with Crippen molar-refractivity contribution in [2.45, 2.75) is 38.0 Å². The molecule has 0 spiro atoms. The fraction of sp³-hybridized carbons (Fsp3) is 0.318. The zero-order valence-electron chi connectivity index (χ0n) is 17.4. The van der Waals surface area contributed by atoms with Crippen LogP contribution in [0.25, 0.3) is 10.9 Å². The largest absolute Gasteiger partial charge is 0.493 e. The van der Waals surface area contributed by atoms with Crippen LogP contribution in [0.4, 0.5) is 27.6 Å². The summed E-state index contributed by atoms with van der Waals surface area (Å²) < 4.78 is 74.5. The first-order valence-electron chi connectivity index (χ1n) is 9.55. The first-order valence-corrected chi connectivity index (χ1v) is 9.55. The molecule has 10 heteroatoms. The molecule has 2 atom stereocenters. The summed E-state index contributed by atoms with van der Waals surface area (Å²) in [7, 11) is 1.20. The molecule has 0 saturated heterocycles. The van der Waals surface area contributed by atoms with E-state index in [0.29, 0.717) is 6.21 Å². The van der Waals surface area contributed by atoms with E-state index in [-0.39, 0.29) is 33.7 Å². The highest BCUT2D eigenvalue weighted by molar-refractivity contribution is 5.91. The fourth-order valence-electron chi connectivity index (χ4n) is 3.40. The predicted octanol–water partition coefficient (Wildman–Crippen LogP) is 5.41. The van der Waals surface area contributed by atoms with Gasteiger partial charge in [0.2, 0.25) is 0 Å². The molecule has 1 heterocycles. The van der Waals surface area contributed by atoms with E-state index in [1.54, 1.807) is 6.92 Å². The molecule has 3 aromatic rings. The van der Waals surface area contributed by atoms with Gasteiger partial charge in [0.25, 0.3) is 0 Å². The van der Waals surface area contributed by atoms with Gasteiger partial charge in [0.15, 0.2) is 17.2 Å². The van der Waals surface area contributed by atoms with Crippen molar-refractivity contribution < 1.29 is 31.8 Å². The summed E-state index contributed by atoms with van der Waals surface area (Å²) in [6, 6.07) is 6.08. The lowest BCUT2D eigenvalue weighted by Gasteiger charge is -2.30. The SMILES string of the molecule is COc1c(F)cccc1[C@H](C)C[C@@](O)(C=Nc1ccc(F)c2nc(C)ncc12)C(F)(F)F. The van der Waals surface area contributed by atoms with E-state index in [1.807, 2.05) is 0 Å². The molecule has 0 fully saturated rings. The van der Waals surface area contributed by atoms with E-state index >= 15 is 0 Å². The maximum atomic E-state index is 14.1. The van der Waals surface area contributed by atoms with Gasteiger partial charge in [-0.3, -0.25) is 4.99 Å². The second-order valence-electron chi connectivity index (χ2n) is 7.39. The van der Waals surface area contributed by atoms with Gasteiger partial charge in [-0.2, -0.15) is 13.2 Å². The molecule has 0 bridgehead atoms. The van der Waals surface area contributed by atoms with Crippen molar-refractivity contribution in [1.29, 1.82) is 0 Å². The molecule has 1 N–H and O–H groups in total. The molecule has 170 valence electrons. The summed E-state index contributed by atoms with van der Waals surface area (Å²) >= 11 is 0. The number of aliphatic hydroxyl groups is 1. The van der Waals surface area contributed by atoms with Crippen LogP contribution < -0.4 is 4.74 Å². The average molecular weight is 453 g/mol. The fourth-order valence-corrected chi connectivity index (χ4v) is 3.40. The molecule has 0 aliphatic rings. The molecule has 0 amide bonds. The molecule has 32 heavy (non-hydrogen) atoms. The Labute approximate surface area is 180 Å². The van der Waals surface area contributed by atoms with Gasteiger partial charge in [0.1, 0.15) is 17.2 Å². The van der Waals surface area contributed by atoms with Crippen molar-refractivity contribution in [3.05, 3.63) is 59.6 Å². The summed E-state index contributed by atoms with van der Waals surface area (Å²) in [5.41, 5.74) is -3.32. The molecule has 0 aliphatic carbocycles. The van der Waals surface area contributed by atoms with Crippen LogP contribution in [0.5, 0.6) is 5.75 Å². The standard InChI is InChI=1S/C22H20F5N3O2/c1-12(14-5-4-6-17(24)20(14)32-3)9-21(31,22(25,26)27)11-29-18-8-7-16(23)19-15(18)10-28-13(2)30-19/h4-8,10-12,31H,9H2,1-3H3/t12-,21-/m1/s1. The van der Waals surface area contributed by atoms with Gasteiger partial charge in [-0.05, 0) is 37.5 Å². The number of alkyl halides is 3. The summed E-state index contributed by atoms with van der Waals surface area (Å²) in [5.74, 6) is -2.27. The zero-order valence-corrected chi connectivity index (χ0v) is 17.4. The number of nitrogens with zero attached hydrogens (tertiary/aromatic N) is 3. The third-order valence-electron chi connectivity index (χ3n) is 5.06. The molecular weight excluding hydrogens is 433 g/mol. The Kier molecular flexibility index (Phi) is 6.45. The lowest BCUT2D eigenvalue weighted by Crippen LogP contribution is -2.47. The third-order valence-corrected chi connectivity index (χ3v) is 5.06. The van der Waals surface area contributed by atoms with E-state index in [9.17, 15) is 27.1 Å². The molecule has 0 saturated carbocycles. The van der Waals surface area contributed by atoms with Crippen LogP contribution in [0.15, 0.2) is 41.5 Å². The van der Waals surface area contributed by atoms with Crippen LogP contribution in [-0.4, -0.2) is 40.2 Å². The minimum absolute atomic E-state index is 0.0416. The van der Waals surface area contributed by atoms with E-state index < -0.39 is 35.8 Å². The van der Waals surface area contributed by atoms with Gasteiger partial charge in [-0.25, -0.2) is 18.7 Å². The molecule has 0 aliphatic heterocycles. The second kappa shape index (κ2) is 8.78. The first-order chi connectivity index (χ1) is 15.0. The van der Waals surface area contributed by atoms with Gasteiger partial charge < -0.3 is 9.84 Å². The van der Waals surface area contributed by atoms with Gasteiger partial charge in [-0.15, -0.1) is 0 Å². The Morgan fingerprint density at radius 1 is 1.16 bits per heavy atom. The van der Waals surface area contributed by atoms with Crippen molar-refractivity contribution in [3.63, 3.8) is 0 Å². The number of para-hydroxylation sites is 1. The quantitative estimate of drug-likeness (QED) is 0.400. The summed E-state index contributed by atoms with van der Waals surface area (Å²) in [5, 5.41) is 10.6. The topological polar surface area (TPSA) is 67.6 Å². The zero-order chi connectivity index (χ0) is 23.7. The summed E-state index contributed by atoms with van der Waals surface area (Å²) in [4.78, 5) is 11.7. The van der Waals surface area contributed by atoms with E-state index in [4.69, 9.17) is 4.74 Å². The molecule has 0 unspecified atom stereocenters. The van der Waals surface area contributed by atoms with Gasteiger partial charge in [-0.1, -0.05) is 19.1 Å². The van der Waals surface area contributed by atoms with Crippen LogP contribution in [0.2, 0.25) is 0 Å². The van der Waals surface area contributed by atoms with Crippen molar-refractivity contribution in [2.75, 3.05) is 7.11 Å². The number of hydrogen-bond donors (Lipinski definition) is 1. The van der Waals surface area contributed by atoms with E-state index in [2.05, 4.69) is 15.0 Å². The number of ether oxygens (including phenoxy) is 1. The number of aryl methyl sites for hydroxylation is 1. The normalized spacial score (nSPS) is 15.2. The number of halogens is 5. The number of methoxy groups -OCH3 is 1. The number of fused-ring (bicyclic) bond motifs is 1. The van der Waals surface area contributed by atoms with Crippen molar-refractivity contribution in [3.8, 4) is 5.75 Å². The van der Waals surface area contributed by atoms with E-state index in [1.165, 1.54) is 38.4 Å². The summed E-state index contributed by atoms with van der Waals surface area (Å²) in [6.07, 6.45) is -4.33. The van der Waals surface area contributed by atoms with Gasteiger partial charge >= 0.3 is 6.18 Å². The maximum Gasteiger partial charge on any atom is 0.422 e. The molecular formula is C22H20F5N3O2. The number of benzene rings is 2. The average Bonchev–Trinajstić information content (AvgIpc) is 2.72. The third kappa shape index (κ3) is 4.55. The van der Waals surface area contributed by atoms with Crippen molar-refractivity contribution >= 4 is 22.8 Å². The highest BCUT2D eigenvalue weighted by Gasteiger charge is 2.53. The van der Waals surface area contributed by atoms with Crippen molar-refractivity contribution in [2.24, 2.45) is 4.99 Å². The number of rotatable bonds is 6. The van der Waals surface area contributed by atoms with Gasteiger partial charge in [0.05, 0.1) is 12.8 Å². The molecule has 5 nitrogen and oxygen atoms in total.